The van der Waals surface area contributed by atoms with Crippen molar-refractivity contribution in [2.24, 2.45) is 0 Å². The van der Waals surface area contributed by atoms with Gasteiger partial charge in [0.05, 0.1) is 18.8 Å². The van der Waals surface area contributed by atoms with Crippen LogP contribution in [0.1, 0.15) is 12.5 Å². The zero-order valence-electron chi connectivity index (χ0n) is 16.5. The number of carbonyl (C=O) groups excluding carboxylic acids is 2. The van der Waals surface area contributed by atoms with Gasteiger partial charge in [-0.1, -0.05) is 24.3 Å². The van der Waals surface area contributed by atoms with Gasteiger partial charge in [-0.15, -0.1) is 0 Å². The molecule has 1 aliphatic heterocycles. The minimum Gasteiger partial charge on any atom is -0.442 e. The lowest BCUT2D eigenvalue weighted by Crippen LogP contribution is -2.33. The molecule has 0 bridgehead atoms. The number of nitrogens with one attached hydrogen (secondary N) is 1. The van der Waals surface area contributed by atoms with Gasteiger partial charge < -0.3 is 14.6 Å². The molecule has 2 aromatic carbocycles. The van der Waals surface area contributed by atoms with E-state index in [2.05, 4.69) is 9.88 Å². The normalized spacial score (nSPS) is 15.9. The van der Waals surface area contributed by atoms with E-state index in [0.29, 0.717) is 11.3 Å². The molecule has 0 radical (unpaired) electrons. The van der Waals surface area contributed by atoms with Gasteiger partial charge in [-0.25, -0.2) is 9.18 Å². The van der Waals surface area contributed by atoms with Gasteiger partial charge in [0.25, 0.3) is 0 Å². The average molecular weight is 407 g/mol. The molecule has 1 aromatic heterocycles. The maximum absolute atomic E-state index is 14.8. The molecule has 1 aliphatic rings. The second-order valence-corrected chi connectivity index (χ2v) is 7.27. The molecule has 6 nitrogen and oxygen atoms in total. The first-order valence-electron chi connectivity index (χ1n) is 9.72. The number of amides is 2. The summed E-state index contributed by atoms with van der Waals surface area (Å²) < 4.78 is 22.1. The predicted octanol–water partition coefficient (Wildman–Crippen LogP) is 3.80. The van der Waals surface area contributed by atoms with Crippen molar-refractivity contribution in [2.75, 3.05) is 18.0 Å². The number of carbonyl (C=O) groups is 2. The molecule has 2 amide bonds. The second kappa shape index (κ2) is 8.41. The van der Waals surface area contributed by atoms with Gasteiger partial charge in [-0.05, 0) is 41.5 Å². The van der Waals surface area contributed by atoms with Crippen molar-refractivity contribution < 1.29 is 18.7 Å². The Morgan fingerprint density at radius 2 is 1.90 bits per heavy atom. The van der Waals surface area contributed by atoms with Crippen LogP contribution in [0.25, 0.3) is 11.1 Å². The van der Waals surface area contributed by atoms with E-state index in [1.54, 1.807) is 12.1 Å². The Bertz CT molecular complexity index is 1050. The molecule has 2 heterocycles. The molecule has 30 heavy (non-hydrogen) atoms. The zero-order valence-corrected chi connectivity index (χ0v) is 16.5. The van der Waals surface area contributed by atoms with Crippen LogP contribution in [-0.2, 0) is 16.1 Å². The highest BCUT2D eigenvalue weighted by atomic mass is 19.1. The van der Waals surface area contributed by atoms with E-state index < -0.39 is 18.0 Å². The van der Waals surface area contributed by atoms with E-state index in [9.17, 15) is 14.0 Å². The first-order valence-corrected chi connectivity index (χ1v) is 9.72. The second-order valence-electron chi connectivity index (χ2n) is 7.27. The summed E-state index contributed by atoms with van der Waals surface area (Å²) in [5, 5.41) is 2.62. The molecule has 3 aromatic rings. The van der Waals surface area contributed by atoms with Crippen molar-refractivity contribution in [3.63, 3.8) is 0 Å². The number of hydrogen-bond donors (Lipinski definition) is 1. The number of anilines is 1. The van der Waals surface area contributed by atoms with Crippen LogP contribution in [0, 0.1) is 5.82 Å². The van der Waals surface area contributed by atoms with Crippen LogP contribution in [0.4, 0.5) is 14.9 Å². The summed E-state index contributed by atoms with van der Waals surface area (Å²) in [4.78, 5) is 24.5. The van der Waals surface area contributed by atoms with Gasteiger partial charge >= 0.3 is 6.09 Å². The summed E-state index contributed by atoms with van der Waals surface area (Å²) in [5.74, 6) is -0.608. The van der Waals surface area contributed by atoms with Crippen molar-refractivity contribution in [1.29, 1.82) is 0 Å². The molecular formula is C23H22FN3O3. The highest BCUT2D eigenvalue weighted by Gasteiger charge is 2.32. The molecule has 1 saturated heterocycles. The van der Waals surface area contributed by atoms with Gasteiger partial charge in [-0.2, -0.15) is 0 Å². The Morgan fingerprint density at radius 3 is 2.57 bits per heavy atom. The van der Waals surface area contributed by atoms with E-state index in [0.717, 1.165) is 17.7 Å². The summed E-state index contributed by atoms with van der Waals surface area (Å²) in [7, 11) is 0. The molecule has 154 valence electrons. The third-order valence-corrected chi connectivity index (χ3v) is 5.01. The molecule has 0 saturated carbocycles. The Kier molecular flexibility index (Phi) is 5.52. The summed E-state index contributed by atoms with van der Waals surface area (Å²) in [6, 6.07) is 16.4. The average Bonchev–Trinajstić information content (AvgIpc) is 3.36. The van der Waals surface area contributed by atoms with Gasteiger partial charge in [0, 0.05) is 31.4 Å². The van der Waals surface area contributed by atoms with Crippen molar-refractivity contribution in [1.82, 2.24) is 9.88 Å². The Morgan fingerprint density at radius 1 is 1.17 bits per heavy atom. The lowest BCUT2D eigenvalue weighted by Gasteiger charge is -2.15. The smallest absolute Gasteiger partial charge is 0.414 e. The number of rotatable bonds is 6. The summed E-state index contributed by atoms with van der Waals surface area (Å²) in [6.07, 6.45) is 2.98. The third kappa shape index (κ3) is 4.35. The van der Waals surface area contributed by atoms with E-state index in [-0.39, 0.29) is 19.0 Å². The Hall–Kier alpha value is -3.61. The standard InChI is InChI=1S/C23H22FN3O3/c1-16(28)25-13-20-15-27(23(29)30-20)19-8-9-21(22(24)12-19)18-6-4-17(5-7-18)14-26-10-2-3-11-26/h2-12,20H,13-15H2,1H3,(H,25,28). The lowest BCUT2D eigenvalue weighted by atomic mass is 10.0. The van der Waals surface area contributed by atoms with Crippen LogP contribution in [0.5, 0.6) is 0 Å². The number of cyclic esters (lactones) is 1. The molecule has 1 unspecified atom stereocenters. The number of hydrogen-bond acceptors (Lipinski definition) is 3. The van der Waals surface area contributed by atoms with Gasteiger partial charge in [0.2, 0.25) is 5.91 Å². The van der Waals surface area contributed by atoms with Crippen molar-refractivity contribution in [2.45, 2.75) is 19.6 Å². The maximum atomic E-state index is 14.8. The van der Waals surface area contributed by atoms with Gasteiger partial charge in [-0.3, -0.25) is 9.69 Å². The van der Waals surface area contributed by atoms with E-state index in [1.807, 2.05) is 48.8 Å². The molecule has 7 heteroatoms. The largest absolute Gasteiger partial charge is 0.442 e. The van der Waals surface area contributed by atoms with Crippen LogP contribution in [0.3, 0.4) is 0 Å². The van der Waals surface area contributed by atoms with E-state index in [1.165, 1.54) is 17.9 Å². The third-order valence-electron chi connectivity index (χ3n) is 5.01. The van der Waals surface area contributed by atoms with Gasteiger partial charge in [0.1, 0.15) is 11.9 Å². The molecule has 0 aliphatic carbocycles. The van der Waals surface area contributed by atoms with Crippen LogP contribution in [0.15, 0.2) is 67.0 Å². The maximum Gasteiger partial charge on any atom is 0.414 e. The van der Waals surface area contributed by atoms with Crippen molar-refractivity contribution in [3.05, 3.63) is 78.4 Å². The van der Waals surface area contributed by atoms with Crippen LogP contribution in [-0.4, -0.2) is 35.8 Å². The highest BCUT2D eigenvalue weighted by Crippen LogP contribution is 2.29. The van der Waals surface area contributed by atoms with Crippen molar-refractivity contribution >= 4 is 17.7 Å². The molecule has 1 N–H and O–H groups in total. The molecular weight excluding hydrogens is 385 g/mol. The fraction of sp³-hybridized carbons (Fsp3) is 0.217. The van der Waals surface area contributed by atoms with Crippen LogP contribution in [0.2, 0.25) is 0 Å². The Labute approximate surface area is 173 Å². The minimum atomic E-state index is -0.549. The van der Waals surface area contributed by atoms with Crippen LogP contribution < -0.4 is 10.2 Å². The first-order chi connectivity index (χ1) is 14.5. The number of aromatic nitrogens is 1. The summed E-state index contributed by atoms with van der Waals surface area (Å²) >= 11 is 0. The summed E-state index contributed by atoms with van der Waals surface area (Å²) in [6.45, 7) is 2.64. The SMILES string of the molecule is CC(=O)NCC1CN(c2ccc(-c3ccc(Cn4cccc4)cc3)c(F)c2)C(=O)O1. The highest BCUT2D eigenvalue weighted by molar-refractivity contribution is 5.90. The van der Waals surface area contributed by atoms with Gasteiger partial charge in [0.15, 0.2) is 0 Å². The quantitative estimate of drug-likeness (QED) is 0.676. The fourth-order valence-corrected chi connectivity index (χ4v) is 3.48. The minimum absolute atomic E-state index is 0.195. The summed E-state index contributed by atoms with van der Waals surface area (Å²) in [5.41, 5.74) is 2.78. The predicted molar refractivity (Wildman–Crippen MR) is 112 cm³/mol. The number of ether oxygens (including phenoxy) is 1. The Balaban J connectivity index is 1.47. The molecule has 1 fully saturated rings. The van der Waals surface area contributed by atoms with E-state index >= 15 is 0 Å². The topological polar surface area (TPSA) is 63.6 Å². The first kappa shape index (κ1) is 19.7. The fourth-order valence-electron chi connectivity index (χ4n) is 3.48. The molecule has 4 rings (SSSR count). The number of benzene rings is 2. The number of nitrogens with zero attached hydrogens (tertiary/aromatic N) is 2. The molecule has 0 spiro atoms. The number of halogens is 1. The lowest BCUT2D eigenvalue weighted by molar-refractivity contribution is -0.119. The zero-order chi connectivity index (χ0) is 21.1. The van der Waals surface area contributed by atoms with Crippen LogP contribution >= 0.6 is 0 Å². The van der Waals surface area contributed by atoms with E-state index in [4.69, 9.17) is 4.74 Å². The van der Waals surface area contributed by atoms with Crippen molar-refractivity contribution in [3.8, 4) is 11.1 Å². The molecule has 1 atom stereocenters. The monoisotopic (exact) mass is 407 g/mol.